The number of para-hydroxylation sites is 1. The summed E-state index contributed by atoms with van der Waals surface area (Å²) in [6.07, 6.45) is 0.997. The van der Waals surface area contributed by atoms with Crippen molar-refractivity contribution in [2.75, 3.05) is 5.75 Å². The first-order valence-electron chi connectivity index (χ1n) is 6.97. The number of thioether (sulfide) groups is 1. The van der Waals surface area contributed by atoms with Crippen LogP contribution >= 0.6 is 11.8 Å². The predicted molar refractivity (Wildman–Crippen MR) is 89.0 cm³/mol. The Morgan fingerprint density at radius 3 is 2.38 bits per heavy atom. The van der Waals surface area contributed by atoms with Crippen molar-refractivity contribution in [2.45, 2.75) is 18.9 Å². The minimum absolute atomic E-state index is 0.222. The molecule has 0 aromatic heterocycles. The summed E-state index contributed by atoms with van der Waals surface area (Å²) < 4.78 is 5.81. The van der Waals surface area contributed by atoms with Crippen molar-refractivity contribution in [3.05, 3.63) is 60.2 Å². The Morgan fingerprint density at radius 1 is 1.05 bits per heavy atom. The van der Waals surface area contributed by atoms with Gasteiger partial charge < -0.3 is 10.5 Å². The molecule has 21 heavy (non-hydrogen) atoms. The average Bonchev–Trinajstić information content (AvgIpc) is 2.49. The van der Waals surface area contributed by atoms with Crippen LogP contribution in [0.25, 0.3) is 0 Å². The summed E-state index contributed by atoms with van der Waals surface area (Å²) in [4.78, 5) is 4.61. The molecule has 3 rings (SSSR count). The highest BCUT2D eigenvalue weighted by atomic mass is 32.2. The summed E-state index contributed by atoms with van der Waals surface area (Å²) in [5, 5.41) is 0.674. The summed E-state index contributed by atoms with van der Waals surface area (Å²) in [6, 6.07) is 17.9. The molecule has 1 aliphatic heterocycles. The van der Waals surface area contributed by atoms with Crippen molar-refractivity contribution in [2.24, 2.45) is 10.7 Å². The second kappa shape index (κ2) is 5.82. The number of benzene rings is 2. The molecule has 0 aliphatic carbocycles. The van der Waals surface area contributed by atoms with Crippen LogP contribution < -0.4 is 10.5 Å². The van der Waals surface area contributed by atoms with E-state index in [9.17, 15) is 0 Å². The fraction of sp³-hybridized carbons (Fsp3) is 0.235. The van der Waals surface area contributed by atoms with Gasteiger partial charge in [0.1, 0.15) is 11.5 Å². The molecule has 0 saturated carbocycles. The molecule has 0 radical (unpaired) electrons. The van der Waals surface area contributed by atoms with E-state index in [0.29, 0.717) is 5.17 Å². The van der Waals surface area contributed by atoms with Gasteiger partial charge in [0.15, 0.2) is 5.17 Å². The van der Waals surface area contributed by atoms with Gasteiger partial charge in [0.2, 0.25) is 0 Å². The molecule has 0 unspecified atom stereocenters. The van der Waals surface area contributed by atoms with Gasteiger partial charge in [0.25, 0.3) is 0 Å². The highest BCUT2D eigenvalue weighted by molar-refractivity contribution is 8.13. The monoisotopic (exact) mass is 298 g/mol. The van der Waals surface area contributed by atoms with E-state index in [1.807, 2.05) is 42.5 Å². The van der Waals surface area contributed by atoms with Crippen LogP contribution in [0.5, 0.6) is 11.5 Å². The van der Waals surface area contributed by atoms with Gasteiger partial charge in [-0.05, 0) is 43.2 Å². The Morgan fingerprint density at radius 2 is 1.71 bits per heavy atom. The molecule has 108 valence electrons. The fourth-order valence-corrected chi connectivity index (χ4v) is 3.38. The van der Waals surface area contributed by atoms with Crippen molar-refractivity contribution in [3.8, 4) is 11.5 Å². The quantitative estimate of drug-likeness (QED) is 0.926. The first kappa shape index (κ1) is 14.0. The molecule has 0 amide bonds. The van der Waals surface area contributed by atoms with Crippen molar-refractivity contribution < 1.29 is 4.74 Å². The summed E-state index contributed by atoms with van der Waals surface area (Å²) in [7, 11) is 0. The number of aliphatic imine (C=N–C) groups is 1. The molecule has 2 N–H and O–H groups in total. The largest absolute Gasteiger partial charge is 0.457 e. The normalized spacial score (nSPS) is 21.7. The maximum atomic E-state index is 5.87. The topological polar surface area (TPSA) is 47.6 Å². The zero-order chi connectivity index (χ0) is 14.7. The summed E-state index contributed by atoms with van der Waals surface area (Å²) >= 11 is 1.62. The number of nitrogens with two attached hydrogens (primary N) is 1. The Bertz CT molecular complexity index is 640. The lowest BCUT2D eigenvalue weighted by Gasteiger charge is -2.29. The van der Waals surface area contributed by atoms with Crippen molar-refractivity contribution in [3.63, 3.8) is 0 Å². The molecular weight excluding hydrogens is 280 g/mol. The van der Waals surface area contributed by atoms with E-state index in [0.717, 1.165) is 23.7 Å². The minimum atomic E-state index is -0.222. The molecule has 2 aromatic rings. The number of rotatable bonds is 3. The van der Waals surface area contributed by atoms with E-state index < -0.39 is 0 Å². The van der Waals surface area contributed by atoms with E-state index in [2.05, 4.69) is 24.0 Å². The molecule has 0 saturated heterocycles. The molecule has 0 spiro atoms. The van der Waals surface area contributed by atoms with Gasteiger partial charge in [-0.2, -0.15) is 0 Å². The Kier molecular flexibility index (Phi) is 3.88. The third-order valence-corrected chi connectivity index (χ3v) is 4.45. The average molecular weight is 298 g/mol. The van der Waals surface area contributed by atoms with Gasteiger partial charge in [-0.1, -0.05) is 42.1 Å². The van der Waals surface area contributed by atoms with E-state index >= 15 is 0 Å². The second-order valence-corrected chi connectivity index (χ2v) is 6.38. The molecule has 2 aromatic carbocycles. The van der Waals surface area contributed by atoms with Gasteiger partial charge in [-0.15, -0.1) is 0 Å². The molecule has 1 heterocycles. The van der Waals surface area contributed by atoms with Crippen LogP contribution in [0.2, 0.25) is 0 Å². The van der Waals surface area contributed by atoms with Crippen LogP contribution in [0.3, 0.4) is 0 Å². The summed E-state index contributed by atoms with van der Waals surface area (Å²) in [5.74, 6) is 2.68. The third kappa shape index (κ3) is 3.22. The maximum Gasteiger partial charge on any atom is 0.154 e. The second-order valence-electron chi connectivity index (χ2n) is 5.26. The lowest BCUT2D eigenvalue weighted by atomic mass is 9.90. The van der Waals surface area contributed by atoms with Crippen LogP contribution in [-0.4, -0.2) is 10.9 Å². The zero-order valence-electron chi connectivity index (χ0n) is 12.0. The molecule has 0 fully saturated rings. The van der Waals surface area contributed by atoms with Crippen LogP contribution in [-0.2, 0) is 5.54 Å². The zero-order valence-corrected chi connectivity index (χ0v) is 12.8. The highest BCUT2D eigenvalue weighted by Gasteiger charge is 2.29. The van der Waals surface area contributed by atoms with Gasteiger partial charge in [-0.3, -0.25) is 4.99 Å². The molecular formula is C17H18N2OS. The number of amidine groups is 1. The third-order valence-electron chi connectivity index (χ3n) is 3.65. The summed E-state index contributed by atoms with van der Waals surface area (Å²) in [6.45, 7) is 2.13. The summed E-state index contributed by atoms with van der Waals surface area (Å²) in [5.41, 5.74) is 6.82. The van der Waals surface area contributed by atoms with Crippen LogP contribution in [0, 0.1) is 0 Å². The Hall–Kier alpha value is -1.94. The molecule has 4 heteroatoms. The van der Waals surface area contributed by atoms with E-state index in [-0.39, 0.29) is 5.54 Å². The smallest absolute Gasteiger partial charge is 0.154 e. The number of hydrogen-bond acceptors (Lipinski definition) is 4. The first-order chi connectivity index (χ1) is 10.2. The van der Waals surface area contributed by atoms with Crippen molar-refractivity contribution in [1.82, 2.24) is 0 Å². The van der Waals surface area contributed by atoms with Crippen LogP contribution in [0.15, 0.2) is 59.6 Å². The predicted octanol–water partition coefficient (Wildman–Crippen LogP) is 4.15. The Labute approximate surface area is 129 Å². The number of hydrogen-bond donors (Lipinski definition) is 1. The van der Waals surface area contributed by atoms with Crippen molar-refractivity contribution in [1.29, 1.82) is 0 Å². The Balaban J connectivity index is 1.80. The van der Waals surface area contributed by atoms with Gasteiger partial charge in [-0.25, -0.2) is 0 Å². The van der Waals surface area contributed by atoms with Crippen molar-refractivity contribution >= 4 is 16.9 Å². The van der Waals surface area contributed by atoms with Gasteiger partial charge in [0, 0.05) is 5.75 Å². The number of nitrogens with zero attached hydrogens (tertiary/aromatic N) is 1. The standard InChI is InChI=1S/C17H18N2OS/c1-17(11-12-21-16(18)19-17)13-7-9-15(10-8-13)20-14-5-3-2-4-6-14/h2-10H,11-12H2,1H3,(H2,18,19)/t17-/m0/s1. The molecule has 1 atom stereocenters. The highest BCUT2D eigenvalue weighted by Crippen LogP contribution is 2.35. The maximum absolute atomic E-state index is 5.87. The lowest BCUT2D eigenvalue weighted by Crippen LogP contribution is -2.28. The number of ether oxygens (including phenoxy) is 1. The fourth-order valence-electron chi connectivity index (χ4n) is 2.40. The van der Waals surface area contributed by atoms with E-state index in [1.54, 1.807) is 11.8 Å². The van der Waals surface area contributed by atoms with Crippen LogP contribution in [0.1, 0.15) is 18.9 Å². The lowest BCUT2D eigenvalue weighted by molar-refractivity contribution is 0.471. The molecule has 1 aliphatic rings. The minimum Gasteiger partial charge on any atom is -0.457 e. The van der Waals surface area contributed by atoms with Gasteiger partial charge >= 0.3 is 0 Å². The van der Waals surface area contributed by atoms with E-state index in [4.69, 9.17) is 10.5 Å². The van der Waals surface area contributed by atoms with E-state index in [1.165, 1.54) is 5.56 Å². The SMILES string of the molecule is C[C@@]1(c2ccc(Oc3ccccc3)cc2)CCSC(N)=N1. The van der Waals surface area contributed by atoms with Gasteiger partial charge in [0.05, 0.1) is 5.54 Å². The molecule has 0 bridgehead atoms. The van der Waals surface area contributed by atoms with Crippen LogP contribution in [0.4, 0.5) is 0 Å². The first-order valence-corrected chi connectivity index (χ1v) is 7.96. The molecule has 3 nitrogen and oxygen atoms in total.